The molecule has 1 N–H and O–H groups in total. The number of likely N-dealkylation sites (N-methyl/N-ethyl adjacent to an activating group) is 1. The number of carbonyl (C=O) groups excluding carboxylic acids is 2. The lowest BCUT2D eigenvalue weighted by atomic mass is 10.2. The van der Waals surface area contributed by atoms with Gasteiger partial charge in [0, 0.05) is 24.0 Å². The molecule has 0 aliphatic rings. The Morgan fingerprint density at radius 1 is 1.06 bits per heavy atom. The summed E-state index contributed by atoms with van der Waals surface area (Å²) in [6.07, 6.45) is 3.33. The third-order valence-corrected chi connectivity index (χ3v) is 5.04. The molecule has 4 rings (SSSR count). The van der Waals surface area contributed by atoms with Crippen molar-refractivity contribution < 1.29 is 14.0 Å². The fraction of sp³-hybridized carbons (Fsp3) is 0.160. The van der Waals surface area contributed by atoms with Crippen LogP contribution in [0.5, 0.6) is 0 Å². The standard InChI is InChI=1S/C25H24N4O3/c1-3-28(24(31)22-13-8-14-32-22)17-23(30)27-25-26-21(19-10-5-4-6-11-19)16-29(25)20-12-7-9-18(2)15-20/h4-16H,3,17H2,1-2H3,(H,26,27,30). The summed E-state index contributed by atoms with van der Waals surface area (Å²) in [4.78, 5) is 31.5. The maximum absolute atomic E-state index is 12.9. The molecule has 0 saturated heterocycles. The van der Waals surface area contributed by atoms with Gasteiger partial charge in [-0.15, -0.1) is 0 Å². The SMILES string of the molecule is CCN(CC(=O)Nc1nc(-c2ccccc2)cn1-c1cccc(C)c1)C(=O)c1ccco1. The molecule has 0 radical (unpaired) electrons. The zero-order valence-electron chi connectivity index (χ0n) is 18.0. The average Bonchev–Trinajstić information content (AvgIpc) is 3.48. The van der Waals surface area contributed by atoms with Crippen LogP contribution >= 0.6 is 0 Å². The maximum atomic E-state index is 12.9. The second kappa shape index (κ2) is 9.34. The number of hydrogen-bond donors (Lipinski definition) is 1. The summed E-state index contributed by atoms with van der Waals surface area (Å²) in [6.45, 7) is 4.08. The lowest BCUT2D eigenvalue weighted by Crippen LogP contribution is -2.38. The van der Waals surface area contributed by atoms with Gasteiger partial charge in [-0.05, 0) is 43.7 Å². The van der Waals surface area contributed by atoms with Crippen LogP contribution in [0.1, 0.15) is 23.0 Å². The van der Waals surface area contributed by atoms with Crippen LogP contribution in [0, 0.1) is 6.92 Å². The average molecular weight is 428 g/mol. The zero-order chi connectivity index (χ0) is 22.5. The molecule has 0 saturated carbocycles. The summed E-state index contributed by atoms with van der Waals surface area (Å²) in [5.74, 6) is -0.0845. The van der Waals surface area contributed by atoms with E-state index in [9.17, 15) is 9.59 Å². The molecule has 2 aromatic carbocycles. The smallest absolute Gasteiger partial charge is 0.290 e. The highest BCUT2D eigenvalue weighted by atomic mass is 16.3. The van der Waals surface area contributed by atoms with Gasteiger partial charge in [-0.25, -0.2) is 4.98 Å². The van der Waals surface area contributed by atoms with Gasteiger partial charge in [-0.3, -0.25) is 19.5 Å². The monoisotopic (exact) mass is 428 g/mol. The van der Waals surface area contributed by atoms with Crippen molar-refractivity contribution in [2.24, 2.45) is 0 Å². The molecule has 0 spiro atoms. The van der Waals surface area contributed by atoms with E-state index < -0.39 is 0 Å². The normalized spacial score (nSPS) is 10.7. The fourth-order valence-electron chi connectivity index (χ4n) is 3.41. The number of aromatic nitrogens is 2. The van der Waals surface area contributed by atoms with Gasteiger partial charge >= 0.3 is 0 Å². The molecule has 2 heterocycles. The fourth-order valence-corrected chi connectivity index (χ4v) is 3.41. The van der Waals surface area contributed by atoms with Crippen LogP contribution in [0.15, 0.2) is 83.6 Å². The van der Waals surface area contributed by atoms with Gasteiger partial charge in [-0.2, -0.15) is 0 Å². The van der Waals surface area contributed by atoms with Crippen LogP contribution in [0.2, 0.25) is 0 Å². The first-order chi connectivity index (χ1) is 15.5. The molecule has 0 aliphatic heterocycles. The Morgan fingerprint density at radius 3 is 2.56 bits per heavy atom. The summed E-state index contributed by atoms with van der Waals surface area (Å²) < 4.78 is 7.02. The van der Waals surface area contributed by atoms with Gasteiger partial charge in [0.05, 0.1) is 12.0 Å². The third-order valence-electron chi connectivity index (χ3n) is 5.04. The second-order valence-electron chi connectivity index (χ2n) is 7.37. The summed E-state index contributed by atoms with van der Waals surface area (Å²) >= 11 is 0. The first kappa shape index (κ1) is 21.1. The highest BCUT2D eigenvalue weighted by Gasteiger charge is 2.21. The van der Waals surface area contributed by atoms with Gasteiger partial charge in [0.25, 0.3) is 5.91 Å². The van der Waals surface area contributed by atoms with E-state index in [0.717, 1.165) is 22.5 Å². The minimum absolute atomic E-state index is 0.114. The summed E-state index contributed by atoms with van der Waals surface area (Å²) in [7, 11) is 0. The van der Waals surface area contributed by atoms with Crippen molar-refractivity contribution in [2.75, 3.05) is 18.4 Å². The van der Waals surface area contributed by atoms with E-state index in [2.05, 4.69) is 10.3 Å². The van der Waals surface area contributed by atoms with Gasteiger partial charge < -0.3 is 9.32 Å². The van der Waals surface area contributed by atoms with Crippen molar-refractivity contribution in [3.63, 3.8) is 0 Å². The van der Waals surface area contributed by atoms with E-state index in [0.29, 0.717) is 12.5 Å². The van der Waals surface area contributed by atoms with Crippen LogP contribution < -0.4 is 5.32 Å². The first-order valence-corrected chi connectivity index (χ1v) is 10.4. The van der Waals surface area contributed by atoms with Crippen molar-refractivity contribution in [2.45, 2.75) is 13.8 Å². The summed E-state index contributed by atoms with van der Waals surface area (Å²) in [6, 6.07) is 20.9. The summed E-state index contributed by atoms with van der Waals surface area (Å²) in [5, 5.41) is 2.87. The molecular weight excluding hydrogens is 404 g/mol. The molecule has 7 nitrogen and oxygen atoms in total. The predicted octanol–water partition coefficient (Wildman–Crippen LogP) is 4.54. The lowest BCUT2D eigenvalue weighted by molar-refractivity contribution is -0.116. The largest absolute Gasteiger partial charge is 0.459 e. The first-order valence-electron chi connectivity index (χ1n) is 10.4. The Labute approximate surface area is 186 Å². The van der Waals surface area contributed by atoms with E-state index in [-0.39, 0.29) is 24.1 Å². The number of imidazole rings is 1. The van der Waals surface area contributed by atoms with E-state index >= 15 is 0 Å². The van der Waals surface area contributed by atoms with E-state index in [1.165, 1.54) is 11.2 Å². The molecule has 0 unspecified atom stereocenters. The molecule has 0 fully saturated rings. The topological polar surface area (TPSA) is 80.4 Å². The molecule has 2 aromatic heterocycles. The molecule has 32 heavy (non-hydrogen) atoms. The van der Waals surface area contributed by atoms with Crippen molar-refractivity contribution in [1.82, 2.24) is 14.5 Å². The number of nitrogens with zero attached hydrogens (tertiary/aromatic N) is 3. The number of nitrogens with one attached hydrogen (secondary N) is 1. The quantitative estimate of drug-likeness (QED) is 0.469. The Morgan fingerprint density at radius 2 is 1.88 bits per heavy atom. The number of benzene rings is 2. The number of hydrogen-bond acceptors (Lipinski definition) is 4. The van der Waals surface area contributed by atoms with Crippen molar-refractivity contribution >= 4 is 17.8 Å². The molecule has 4 aromatic rings. The molecule has 162 valence electrons. The van der Waals surface area contributed by atoms with Crippen LogP contribution in [0.4, 0.5) is 5.95 Å². The number of aryl methyl sites for hydroxylation is 1. The summed E-state index contributed by atoms with van der Waals surface area (Å²) in [5.41, 5.74) is 3.66. The molecule has 2 amide bonds. The van der Waals surface area contributed by atoms with E-state index in [1.54, 1.807) is 12.1 Å². The zero-order valence-corrected chi connectivity index (χ0v) is 18.0. The number of amides is 2. The highest BCUT2D eigenvalue weighted by Crippen LogP contribution is 2.24. The molecule has 7 heteroatoms. The Bertz CT molecular complexity index is 1210. The van der Waals surface area contributed by atoms with E-state index in [4.69, 9.17) is 4.42 Å². The molecule has 0 aliphatic carbocycles. The van der Waals surface area contributed by atoms with Crippen LogP contribution in [-0.4, -0.2) is 39.4 Å². The number of carbonyl (C=O) groups is 2. The van der Waals surface area contributed by atoms with Crippen molar-refractivity contribution in [1.29, 1.82) is 0 Å². The predicted molar refractivity (Wildman–Crippen MR) is 123 cm³/mol. The number of furan rings is 1. The van der Waals surface area contributed by atoms with Crippen LogP contribution in [0.25, 0.3) is 16.9 Å². The van der Waals surface area contributed by atoms with Crippen LogP contribution in [0.3, 0.4) is 0 Å². The number of anilines is 1. The van der Waals surface area contributed by atoms with Crippen molar-refractivity contribution in [3.05, 3.63) is 90.5 Å². The minimum atomic E-state index is -0.342. The highest BCUT2D eigenvalue weighted by molar-refractivity contribution is 5.97. The molecule has 0 bridgehead atoms. The maximum Gasteiger partial charge on any atom is 0.290 e. The van der Waals surface area contributed by atoms with Crippen LogP contribution in [-0.2, 0) is 4.79 Å². The second-order valence-corrected chi connectivity index (χ2v) is 7.37. The Kier molecular flexibility index (Phi) is 6.17. The minimum Gasteiger partial charge on any atom is -0.459 e. The van der Waals surface area contributed by atoms with Gasteiger partial charge in [-0.1, -0.05) is 42.5 Å². The Balaban J connectivity index is 1.61. The van der Waals surface area contributed by atoms with Gasteiger partial charge in [0.15, 0.2) is 5.76 Å². The molecular formula is C25H24N4O3. The Hall–Kier alpha value is -4.13. The van der Waals surface area contributed by atoms with Crippen molar-refractivity contribution in [3.8, 4) is 16.9 Å². The lowest BCUT2D eigenvalue weighted by Gasteiger charge is -2.19. The van der Waals surface area contributed by atoms with E-state index in [1.807, 2.05) is 79.2 Å². The number of rotatable bonds is 7. The van der Waals surface area contributed by atoms with Gasteiger partial charge in [0.2, 0.25) is 11.9 Å². The molecule has 0 atom stereocenters. The third kappa shape index (κ3) is 4.62. The van der Waals surface area contributed by atoms with Gasteiger partial charge in [0.1, 0.15) is 6.54 Å².